The quantitative estimate of drug-likeness (QED) is 0.873. The van der Waals surface area contributed by atoms with Gasteiger partial charge in [-0.2, -0.15) is 11.8 Å². The summed E-state index contributed by atoms with van der Waals surface area (Å²) < 4.78 is 0. The Hall–Kier alpha value is -1.49. The maximum absolute atomic E-state index is 11.2. The topological polar surface area (TPSA) is 74.6 Å². The zero-order valence-electron chi connectivity index (χ0n) is 11.2. The van der Waals surface area contributed by atoms with Crippen LogP contribution in [0.5, 0.6) is 0 Å². The second-order valence-electron chi connectivity index (χ2n) is 5.23. The van der Waals surface area contributed by atoms with Crippen LogP contribution < -0.4 is 0 Å². The molecule has 1 aliphatic rings. The van der Waals surface area contributed by atoms with E-state index < -0.39 is 11.9 Å². The molecule has 0 radical (unpaired) electrons. The summed E-state index contributed by atoms with van der Waals surface area (Å²) in [4.78, 5) is 21.9. The first-order chi connectivity index (χ1) is 9.52. The maximum Gasteiger partial charge on any atom is 0.307 e. The Morgan fingerprint density at radius 1 is 1.05 bits per heavy atom. The third-order valence-corrected chi connectivity index (χ3v) is 4.85. The van der Waals surface area contributed by atoms with Crippen molar-refractivity contribution in [3.63, 3.8) is 0 Å². The van der Waals surface area contributed by atoms with Gasteiger partial charge in [-0.25, -0.2) is 0 Å². The molecule has 1 aliphatic heterocycles. The van der Waals surface area contributed by atoms with Gasteiger partial charge in [0.15, 0.2) is 0 Å². The highest BCUT2D eigenvalue weighted by Crippen LogP contribution is 2.41. The minimum atomic E-state index is -0.855. The Balaban J connectivity index is 2.24. The SMILES string of the molecule is O=C(O)Cc1ccc(C2(CC(=O)O)CCSCC2)cc1. The number of aliphatic carboxylic acids is 2. The van der Waals surface area contributed by atoms with E-state index in [1.165, 1.54) is 0 Å². The fourth-order valence-corrected chi connectivity index (χ4v) is 4.04. The number of carboxylic acid groups (broad SMARTS) is 2. The van der Waals surface area contributed by atoms with Crippen molar-refractivity contribution in [3.8, 4) is 0 Å². The molecule has 4 nitrogen and oxygen atoms in total. The monoisotopic (exact) mass is 294 g/mol. The summed E-state index contributed by atoms with van der Waals surface area (Å²) in [6, 6.07) is 7.40. The molecular weight excluding hydrogens is 276 g/mol. The predicted octanol–water partition coefficient (Wildman–Crippen LogP) is 2.55. The molecule has 2 rings (SSSR count). The van der Waals surface area contributed by atoms with Gasteiger partial charge in [0.05, 0.1) is 12.8 Å². The number of carboxylic acids is 2. The Morgan fingerprint density at radius 2 is 1.65 bits per heavy atom. The molecule has 2 N–H and O–H groups in total. The Bertz CT molecular complexity index is 489. The summed E-state index contributed by atoms with van der Waals surface area (Å²) in [6.45, 7) is 0. The number of rotatable bonds is 5. The van der Waals surface area contributed by atoms with Crippen LogP contribution in [0.1, 0.15) is 30.4 Å². The van der Waals surface area contributed by atoms with Gasteiger partial charge in [0.2, 0.25) is 0 Å². The molecule has 0 bridgehead atoms. The van der Waals surface area contributed by atoms with Gasteiger partial charge in [0, 0.05) is 5.41 Å². The van der Waals surface area contributed by atoms with Gasteiger partial charge in [-0.15, -0.1) is 0 Å². The summed E-state index contributed by atoms with van der Waals surface area (Å²) in [5.41, 5.74) is 1.48. The highest BCUT2D eigenvalue weighted by molar-refractivity contribution is 7.99. The smallest absolute Gasteiger partial charge is 0.307 e. The van der Waals surface area contributed by atoms with Crippen molar-refractivity contribution in [2.75, 3.05) is 11.5 Å². The van der Waals surface area contributed by atoms with E-state index in [2.05, 4.69) is 0 Å². The lowest BCUT2D eigenvalue weighted by atomic mass is 9.73. The van der Waals surface area contributed by atoms with Crippen LogP contribution in [0.3, 0.4) is 0 Å². The van der Waals surface area contributed by atoms with Crippen LogP contribution >= 0.6 is 11.8 Å². The number of carbonyl (C=O) groups is 2. The van der Waals surface area contributed by atoms with E-state index in [-0.39, 0.29) is 18.3 Å². The molecule has 1 aromatic carbocycles. The lowest BCUT2D eigenvalue weighted by Gasteiger charge is -2.36. The van der Waals surface area contributed by atoms with Gasteiger partial charge in [-0.1, -0.05) is 24.3 Å². The van der Waals surface area contributed by atoms with Crippen molar-refractivity contribution in [1.82, 2.24) is 0 Å². The molecule has 1 aromatic rings. The summed E-state index contributed by atoms with van der Waals surface area (Å²) in [6.07, 6.45) is 1.87. The van der Waals surface area contributed by atoms with Gasteiger partial charge in [-0.3, -0.25) is 9.59 Å². The molecule has 0 saturated carbocycles. The van der Waals surface area contributed by atoms with Crippen LogP contribution in [-0.2, 0) is 21.4 Å². The molecule has 0 unspecified atom stereocenters. The first kappa shape index (κ1) is 14.9. The number of thioether (sulfide) groups is 1. The zero-order chi connectivity index (χ0) is 14.6. The van der Waals surface area contributed by atoms with Crippen LogP contribution in [0.2, 0.25) is 0 Å². The van der Waals surface area contributed by atoms with Crippen LogP contribution in [0, 0.1) is 0 Å². The standard InChI is InChI=1S/C15H18O4S/c16-13(17)9-11-1-3-12(4-2-11)15(10-14(18)19)5-7-20-8-6-15/h1-4H,5-10H2,(H,16,17)(H,18,19). The Morgan fingerprint density at radius 3 is 2.15 bits per heavy atom. The molecule has 20 heavy (non-hydrogen) atoms. The fourth-order valence-electron chi connectivity index (χ4n) is 2.77. The highest BCUT2D eigenvalue weighted by atomic mass is 32.2. The number of hydrogen-bond acceptors (Lipinski definition) is 3. The van der Waals surface area contributed by atoms with Gasteiger partial charge in [0.1, 0.15) is 0 Å². The lowest BCUT2D eigenvalue weighted by Crippen LogP contribution is -2.33. The average molecular weight is 294 g/mol. The van der Waals surface area contributed by atoms with E-state index >= 15 is 0 Å². The second kappa shape index (κ2) is 6.31. The maximum atomic E-state index is 11.2. The Labute approximate surface area is 122 Å². The molecule has 1 saturated heterocycles. The highest BCUT2D eigenvalue weighted by Gasteiger charge is 2.36. The van der Waals surface area contributed by atoms with Crippen LogP contribution in [0.15, 0.2) is 24.3 Å². The third kappa shape index (κ3) is 3.54. The number of hydrogen-bond donors (Lipinski definition) is 2. The van der Waals surface area contributed by atoms with Crippen molar-refractivity contribution >= 4 is 23.7 Å². The fraction of sp³-hybridized carbons (Fsp3) is 0.467. The van der Waals surface area contributed by atoms with Gasteiger partial charge in [0.25, 0.3) is 0 Å². The molecule has 0 atom stereocenters. The summed E-state index contributed by atoms with van der Waals surface area (Å²) >= 11 is 1.86. The second-order valence-corrected chi connectivity index (χ2v) is 6.46. The van der Waals surface area contributed by atoms with Crippen molar-refractivity contribution in [3.05, 3.63) is 35.4 Å². The van der Waals surface area contributed by atoms with Gasteiger partial charge >= 0.3 is 11.9 Å². The Kier molecular flexibility index (Phi) is 4.70. The van der Waals surface area contributed by atoms with Crippen LogP contribution in [0.25, 0.3) is 0 Å². The van der Waals surface area contributed by atoms with Crippen molar-refractivity contribution in [1.29, 1.82) is 0 Å². The minimum absolute atomic E-state index is 0.00205. The summed E-state index contributed by atoms with van der Waals surface area (Å²) in [7, 11) is 0. The number of benzene rings is 1. The summed E-state index contributed by atoms with van der Waals surface area (Å²) in [5.74, 6) is 0.326. The van der Waals surface area contributed by atoms with Gasteiger partial charge < -0.3 is 10.2 Å². The molecule has 0 aromatic heterocycles. The van der Waals surface area contributed by atoms with E-state index in [0.29, 0.717) is 0 Å². The molecule has 5 heteroatoms. The van der Waals surface area contributed by atoms with Crippen molar-refractivity contribution < 1.29 is 19.8 Å². The van der Waals surface area contributed by atoms with Crippen molar-refractivity contribution in [2.24, 2.45) is 0 Å². The van der Waals surface area contributed by atoms with E-state index in [4.69, 9.17) is 5.11 Å². The third-order valence-electron chi connectivity index (χ3n) is 3.86. The molecule has 0 aliphatic carbocycles. The summed E-state index contributed by atoms with van der Waals surface area (Å²) in [5, 5.41) is 18.0. The van der Waals surface area contributed by atoms with E-state index in [9.17, 15) is 14.7 Å². The molecule has 0 amide bonds. The lowest BCUT2D eigenvalue weighted by molar-refractivity contribution is -0.139. The van der Waals surface area contributed by atoms with Crippen LogP contribution in [0.4, 0.5) is 0 Å². The largest absolute Gasteiger partial charge is 0.481 e. The first-order valence-corrected chi connectivity index (χ1v) is 7.78. The predicted molar refractivity (Wildman–Crippen MR) is 78.3 cm³/mol. The molecule has 108 valence electrons. The van der Waals surface area contributed by atoms with E-state index in [0.717, 1.165) is 35.5 Å². The van der Waals surface area contributed by atoms with Crippen LogP contribution in [-0.4, -0.2) is 33.7 Å². The van der Waals surface area contributed by atoms with E-state index in [1.807, 2.05) is 23.9 Å². The zero-order valence-corrected chi connectivity index (χ0v) is 12.0. The molecule has 0 spiro atoms. The molecular formula is C15H18O4S. The molecule has 1 fully saturated rings. The first-order valence-electron chi connectivity index (χ1n) is 6.63. The normalized spacial score (nSPS) is 17.6. The minimum Gasteiger partial charge on any atom is -0.481 e. The molecule has 1 heterocycles. The average Bonchev–Trinajstić information content (AvgIpc) is 2.39. The van der Waals surface area contributed by atoms with Crippen molar-refractivity contribution in [2.45, 2.75) is 31.1 Å². The van der Waals surface area contributed by atoms with E-state index in [1.54, 1.807) is 12.1 Å². The van der Waals surface area contributed by atoms with Gasteiger partial charge in [-0.05, 0) is 35.5 Å².